The first kappa shape index (κ1) is 33.5. The lowest BCUT2D eigenvalue weighted by atomic mass is 10.0. The molecule has 0 saturated carbocycles. The molecule has 13 nitrogen and oxygen atoms in total. The number of nitrogens with one attached hydrogen (secondary N) is 3. The number of sulfonamides is 1. The molecule has 6 N–H and O–H groups in total. The normalized spacial score (nSPS) is 17.8. The topological polar surface area (TPSA) is 193 Å². The minimum absolute atomic E-state index is 0.00503. The number of pyridine rings is 1. The van der Waals surface area contributed by atoms with Crippen LogP contribution in [0.25, 0.3) is 0 Å². The van der Waals surface area contributed by atoms with Crippen molar-refractivity contribution in [1.29, 1.82) is 0 Å². The van der Waals surface area contributed by atoms with E-state index in [0.29, 0.717) is 28.9 Å². The fourth-order valence-corrected chi connectivity index (χ4v) is 7.13. The Morgan fingerprint density at radius 1 is 1.07 bits per heavy atom. The van der Waals surface area contributed by atoms with Crippen LogP contribution in [0.4, 0.5) is 10.5 Å². The second-order valence-electron chi connectivity index (χ2n) is 11.0. The summed E-state index contributed by atoms with van der Waals surface area (Å²) in [6.45, 7) is 4.28. The fourth-order valence-electron chi connectivity index (χ4n) is 5.48. The highest BCUT2D eigenvalue weighted by molar-refractivity contribution is 7.89. The minimum Gasteiger partial charge on any atom is -0.480 e. The summed E-state index contributed by atoms with van der Waals surface area (Å²) >= 11 is 0. The Hall–Kier alpha value is -4.37. The Bertz CT molecular complexity index is 1600. The summed E-state index contributed by atoms with van der Waals surface area (Å²) in [6, 6.07) is 14.5. The highest BCUT2D eigenvalue weighted by Gasteiger charge is 2.40. The number of hydrogen-bond acceptors (Lipinski definition) is 8. The summed E-state index contributed by atoms with van der Waals surface area (Å²) < 4.78 is 34.1. The lowest BCUT2D eigenvalue weighted by Gasteiger charge is -2.29. The van der Waals surface area contributed by atoms with Crippen LogP contribution in [0.1, 0.15) is 34.8 Å². The van der Waals surface area contributed by atoms with E-state index in [2.05, 4.69) is 20.3 Å². The zero-order chi connectivity index (χ0) is 32.7. The molecule has 2 aromatic carbocycles. The highest BCUT2D eigenvalue weighted by atomic mass is 32.2. The number of ether oxygens (including phenoxy) is 1. The van der Waals surface area contributed by atoms with Crippen LogP contribution >= 0.6 is 0 Å². The molecule has 1 fully saturated rings. The molecule has 3 amide bonds. The number of carboxylic acid groups (broad SMARTS) is 1. The van der Waals surface area contributed by atoms with Gasteiger partial charge in [0, 0.05) is 25.0 Å². The standard InChI is InChI=1S/C31H38N6O7S/c1-19-13-20(2)29(21(3)14-19)45(42,43)36-25(30(39)40)16-34-27(38)18-44-23-15-26(28(32)24-11-7-8-12-33-24)37(17-23)31(41)35-22-9-5-4-6-10-22/h4-14,23,25-26,28,36H,15-18,32H2,1-3H3,(H,34,38)(H,35,41)(H,39,40). The number of nitrogens with zero attached hydrogens (tertiary/aromatic N) is 2. The molecular weight excluding hydrogens is 600 g/mol. The number of likely N-dealkylation sites (tertiary alicyclic amines) is 1. The quantitative estimate of drug-likeness (QED) is 0.198. The second-order valence-corrected chi connectivity index (χ2v) is 12.7. The van der Waals surface area contributed by atoms with Gasteiger partial charge in [0.05, 0.1) is 28.8 Å². The molecule has 0 aliphatic carbocycles. The van der Waals surface area contributed by atoms with Crippen LogP contribution in [0.5, 0.6) is 0 Å². The lowest BCUT2D eigenvalue weighted by molar-refractivity contribution is -0.139. The average molecular weight is 639 g/mol. The van der Waals surface area contributed by atoms with Gasteiger partial charge in [-0.2, -0.15) is 4.72 Å². The van der Waals surface area contributed by atoms with E-state index in [9.17, 15) is 27.9 Å². The number of urea groups is 1. The number of hydrogen-bond donors (Lipinski definition) is 5. The van der Waals surface area contributed by atoms with Gasteiger partial charge in [-0.1, -0.05) is 42.0 Å². The van der Waals surface area contributed by atoms with Crippen LogP contribution in [0.15, 0.2) is 71.8 Å². The molecule has 1 aromatic heterocycles. The van der Waals surface area contributed by atoms with Crippen molar-refractivity contribution in [1.82, 2.24) is 19.9 Å². The molecule has 1 aliphatic rings. The number of anilines is 1. The number of nitrogens with two attached hydrogens (primary N) is 1. The maximum atomic E-state index is 13.3. The molecule has 1 saturated heterocycles. The molecule has 3 aromatic rings. The van der Waals surface area contributed by atoms with Gasteiger partial charge >= 0.3 is 12.0 Å². The third kappa shape index (κ3) is 8.63. The Morgan fingerprint density at radius 3 is 2.36 bits per heavy atom. The number of aromatic nitrogens is 1. The Labute approximate surface area is 262 Å². The number of rotatable bonds is 12. The largest absolute Gasteiger partial charge is 0.480 e. The third-order valence-electron chi connectivity index (χ3n) is 7.46. The Morgan fingerprint density at radius 2 is 1.73 bits per heavy atom. The molecule has 0 radical (unpaired) electrons. The van der Waals surface area contributed by atoms with E-state index in [1.807, 2.05) is 13.0 Å². The van der Waals surface area contributed by atoms with Crippen molar-refractivity contribution < 1.29 is 32.6 Å². The van der Waals surface area contributed by atoms with Crippen molar-refractivity contribution in [3.8, 4) is 0 Å². The monoisotopic (exact) mass is 638 g/mol. The Kier molecular flexibility index (Phi) is 10.9. The van der Waals surface area contributed by atoms with Gasteiger partial charge in [-0.3, -0.25) is 14.6 Å². The predicted octanol–water partition coefficient (Wildman–Crippen LogP) is 2.25. The fraction of sp³-hybridized carbons (Fsp3) is 0.355. The number of carbonyl (C=O) groups excluding carboxylic acids is 2. The first-order valence-corrected chi connectivity index (χ1v) is 15.8. The van der Waals surface area contributed by atoms with Gasteiger partial charge in [0.15, 0.2) is 0 Å². The maximum absolute atomic E-state index is 13.3. The van der Waals surface area contributed by atoms with Crippen LogP contribution in [0, 0.1) is 20.8 Å². The molecule has 4 unspecified atom stereocenters. The van der Waals surface area contributed by atoms with Gasteiger partial charge in [-0.15, -0.1) is 0 Å². The van der Waals surface area contributed by atoms with Gasteiger partial charge in [0.1, 0.15) is 12.6 Å². The lowest BCUT2D eigenvalue weighted by Crippen LogP contribution is -2.49. The molecule has 4 atom stereocenters. The molecule has 2 heterocycles. The van der Waals surface area contributed by atoms with Crippen molar-refractivity contribution in [2.75, 3.05) is 25.0 Å². The molecule has 0 spiro atoms. The minimum atomic E-state index is -4.20. The van der Waals surface area contributed by atoms with Crippen LogP contribution < -0.4 is 21.1 Å². The number of aliphatic carboxylic acids is 1. The van der Waals surface area contributed by atoms with Crippen molar-refractivity contribution in [3.63, 3.8) is 0 Å². The third-order valence-corrected chi connectivity index (χ3v) is 9.23. The smallest absolute Gasteiger partial charge is 0.323 e. The molecule has 45 heavy (non-hydrogen) atoms. The summed E-state index contributed by atoms with van der Waals surface area (Å²) in [5, 5.41) is 15.0. The first-order valence-electron chi connectivity index (χ1n) is 14.4. The van der Waals surface area contributed by atoms with Gasteiger partial charge in [0.2, 0.25) is 15.9 Å². The van der Waals surface area contributed by atoms with E-state index in [0.717, 1.165) is 5.56 Å². The van der Waals surface area contributed by atoms with Gasteiger partial charge < -0.3 is 31.1 Å². The van der Waals surface area contributed by atoms with E-state index in [4.69, 9.17) is 10.5 Å². The first-order chi connectivity index (χ1) is 21.4. The van der Waals surface area contributed by atoms with Crippen LogP contribution in [-0.2, 0) is 24.3 Å². The van der Waals surface area contributed by atoms with Gasteiger partial charge in [-0.05, 0) is 62.6 Å². The number of para-hydroxylation sites is 1. The second kappa shape index (κ2) is 14.6. The van der Waals surface area contributed by atoms with Crippen LogP contribution in [0.3, 0.4) is 0 Å². The number of carboxylic acids is 1. The molecule has 14 heteroatoms. The maximum Gasteiger partial charge on any atom is 0.323 e. The van der Waals surface area contributed by atoms with Crippen molar-refractivity contribution in [3.05, 3.63) is 89.2 Å². The van der Waals surface area contributed by atoms with Crippen molar-refractivity contribution in [2.24, 2.45) is 5.73 Å². The number of amides is 3. The van der Waals surface area contributed by atoms with Crippen LogP contribution in [-0.4, -0.2) is 79.2 Å². The van der Waals surface area contributed by atoms with Gasteiger partial charge in [-0.25, -0.2) is 13.2 Å². The highest BCUT2D eigenvalue weighted by Crippen LogP contribution is 2.29. The molecule has 1 aliphatic heterocycles. The summed E-state index contributed by atoms with van der Waals surface area (Å²) in [5.74, 6) is -2.11. The predicted molar refractivity (Wildman–Crippen MR) is 167 cm³/mol. The van der Waals surface area contributed by atoms with Crippen molar-refractivity contribution >= 4 is 33.6 Å². The van der Waals surface area contributed by atoms with E-state index in [-0.39, 0.29) is 17.5 Å². The molecular formula is C31H38N6O7S. The van der Waals surface area contributed by atoms with E-state index in [1.165, 1.54) is 0 Å². The van der Waals surface area contributed by atoms with E-state index < -0.39 is 59.3 Å². The number of carbonyl (C=O) groups is 3. The van der Waals surface area contributed by atoms with Crippen LogP contribution in [0.2, 0.25) is 0 Å². The van der Waals surface area contributed by atoms with Crippen molar-refractivity contribution in [2.45, 2.75) is 56.3 Å². The summed E-state index contributed by atoms with van der Waals surface area (Å²) in [5.41, 5.74) is 9.56. The summed E-state index contributed by atoms with van der Waals surface area (Å²) in [4.78, 5) is 43.7. The summed E-state index contributed by atoms with van der Waals surface area (Å²) in [6.07, 6.45) is 1.38. The number of aryl methyl sites for hydroxylation is 3. The van der Waals surface area contributed by atoms with Gasteiger partial charge in [0.25, 0.3) is 0 Å². The molecule has 240 valence electrons. The SMILES string of the molecule is Cc1cc(C)c(S(=O)(=O)NC(CNC(=O)COC2CC(C(N)c3ccccn3)N(C(=O)Nc3ccccc3)C2)C(=O)O)c(C)c1. The zero-order valence-corrected chi connectivity index (χ0v) is 26.1. The Balaban J connectivity index is 1.37. The molecule has 0 bridgehead atoms. The van der Waals surface area contributed by atoms with E-state index in [1.54, 1.807) is 79.5 Å². The van der Waals surface area contributed by atoms with E-state index >= 15 is 0 Å². The average Bonchev–Trinajstić information content (AvgIpc) is 3.42. The molecule has 4 rings (SSSR count). The zero-order valence-electron chi connectivity index (χ0n) is 25.3. The number of benzene rings is 2. The summed E-state index contributed by atoms with van der Waals surface area (Å²) in [7, 11) is -4.20.